The number of carbonyl (C=O) groups is 1. The monoisotopic (exact) mass is 852 g/mol. The quantitative estimate of drug-likeness (QED) is 0.0601. The summed E-state index contributed by atoms with van der Waals surface area (Å²) in [6.07, 6.45) is 3.39. The van der Waals surface area contributed by atoms with E-state index in [4.69, 9.17) is 11.6 Å². The SMILES string of the molecule is CN(C)CC[C@H](CSc1ccccc1)Nc1ccc(S(=O)(=O)NC(=O)c2ccc3c(c2)CCC[C@H]2CN(Cc4ccccc4-c4ccc(Cl)cc4)CCN32)cc1[N+](=O)[O-]. The summed E-state index contributed by atoms with van der Waals surface area (Å²) >= 11 is 7.80. The number of aryl methyl sites for hydroxylation is 1. The molecule has 2 aliphatic rings. The van der Waals surface area contributed by atoms with Gasteiger partial charge in [-0.25, -0.2) is 13.1 Å². The summed E-state index contributed by atoms with van der Waals surface area (Å²) in [4.78, 5) is 32.9. The highest BCUT2D eigenvalue weighted by atomic mass is 35.5. The molecule has 2 N–H and O–H groups in total. The Kier molecular flexibility index (Phi) is 13.6. The van der Waals surface area contributed by atoms with Crippen LogP contribution in [0.1, 0.15) is 40.7 Å². The van der Waals surface area contributed by atoms with Crippen molar-refractivity contribution in [2.24, 2.45) is 0 Å². The molecule has 2 aliphatic heterocycles. The van der Waals surface area contributed by atoms with Crippen LogP contribution < -0.4 is 14.9 Å². The second-order valence-corrected chi connectivity index (χ2v) is 18.6. The van der Waals surface area contributed by atoms with Gasteiger partial charge in [-0.3, -0.25) is 19.8 Å². The zero-order chi connectivity index (χ0) is 41.5. The van der Waals surface area contributed by atoms with Crippen LogP contribution in [0.4, 0.5) is 17.1 Å². The minimum atomic E-state index is -4.44. The maximum Gasteiger partial charge on any atom is 0.293 e. The van der Waals surface area contributed by atoms with E-state index >= 15 is 0 Å². The third-order valence-corrected chi connectivity index (χ3v) is 13.7. The average Bonchev–Trinajstić information content (AvgIpc) is 3.41. The number of nitrogens with one attached hydrogen (secondary N) is 2. The Morgan fingerprint density at radius 2 is 1.73 bits per heavy atom. The Balaban J connectivity index is 1.02. The molecule has 7 rings (SSSR count). The minimum absolute atomic E-state index is 0.140. The Hall–Kier alpha value is -4.92. The van der Waals surface area contributed by atoms with Crippen LogP contribution in [0.3, 0.4) is 0 Å². The third kappa shape index (κ3) is 10.6. The molecule has 0 bridgehead atoms. The largest absolute Gasteiger partial charge is 0.376 e. The summed E-state index contributed by atoms with van der Waals surface area (Å²) in [5.74, 6) is -0.145. The molecule has 1 amide bonds. The van der Waals surface area contributed by atoms with Crippen molar-refractivity contribution in [3.05, 3.63) is 147 Å². The zero-order valence-electron chi connectivity index (χ0n) is 33.2. The molecule has 308 valence electrons. The number of nitro benzene ring substituents is 1. The van der Waals surface area contributed by atoms with E-state index < -0.39 is 20.9 Å². The number of halogens is 1. The van der Waals surface area contributed by atoms with Crippen molar-refractivity contribution in [2.45, 2.75) is 54.1 Å². The minimum Gasteiger partial charge on any atom is -0.376 e. The lowest BCUT2D eigenvalue weighted by atomic mass is 9.98. The molecule has 0 aliphatic carbocycles. The zero-order valence-corrected chi connectivity index (χ0v) is 35.6. The number of sulfonamides is 1. The number of benzene rings is 5. The molecule has 0 radical (unpaired) electrons. The van der Waals surface area contributed by atoms with Crippen LogP contribution in [0.2, 0.25) is 5.02 Å². The number of carbonyl (C=O) groups excluding carboxylic acids is 1. The van der Waals surface area contributed by atoms with Gasteiger partial charge < -0.3 is 15.1 Å². The van der Waals surface area contributed by atoms with Crippen molar-refractivity contribution in [2.75, 3.05) is 56.2 Å². The van der Waals surface area contributed by atoms with Crippen LogP contribution in [0.15, 0.2) is 125 Å². The summed E-state index contributed by atoms with van der Waals surface area (Å²) in [5.41, 5.74) is 5.72. The van der Waals surface area contributed by atoms with Crippen molar-refractivity contribution >= 4 is 56.4 Å². The molecule has 0 aromatic heterocycles. The van der Waals surface area contributed by atoms with E-state index in [9.17, 15) is 23.3 Å². The lowest BCUT2D eigenvalue weighted by Gasteiger charge is -2.43. The van der Waals surface area contributed by atoms with Gasteiger partial charge in [-0.2, -0.15) is 0 Å². The van der Waals surface area contributed by atoms with Gasteiger partial charge in [0.15, 0.2) is 0 Å². The molecular weight excluding hydrogens is 804 g/mol. The van der Waals surface area contributed by atoms with E-state index in [0.29, 0.717) is 23.2 Å². The van der Waals surface area contributed by atoms with Gasteiger partial charge in [-0.1, -0.05) is 66.2 Å². The van der Waals surface area contributed by atoms with Crippen LogP contribution in [0.25, 0.3) is 11.1 Å². The standard InChI is InChI=1S/C45H49ClN6O5S2/c1-49(2)24-23-37(31-58-39-12-4-3-5-13-39)47-42-21-20-40(28-44(42)52(54)55)59(56,57)48-45(53)34-17-22-43-33(27-34)10-8-11-38-30-50(25-26-51(38)43)29-35-9-6-7-14-41(35)32-15-18-36(46)19-16-32/h3-7,9,12-22,27-28,37-38,47H,8,10-11,23-26,29-31H2,1-2H3,(H,48,53)/t37-,38+/m1/s1. The van der Waals surface area contributed by atoms with Gasteiger partial charge in [0.05, 0.1) is 9.82 Å². The van der Waals surface area contributed by atoms with Crippen molar-refractivity contribution in [1.29, 1.82) is 0 Å². The summed E-state index contributed by atoms with van der Waals surface area (Å²) in [6.45, 7) is 4.18. The Bertz CT molecular complexity index is 2380. The molecule has 1 fully saturated rings. The summed E-state index contributed by atoms with van der Waals surface area (Å²) in [5, 5.41) is 16.3. The number of rotatable bonds is 15. The van der Waals surface area contributed by atoms with Crippen molar-refractivity contribution in [3.8, 4) is 11.1 Å². The van der Waals surface area contributed by atoms with Gasteiger partial charge in [-0.05, 0) is 123 Å². The molecule has 5 aromatic carbocycles. The topological polar surface area (TPSA) is 128 Å². The summed E-state index contributed by atoms with van der Waals surface area (Å²) < 4.78 is 29.3. The number of nitrogens with zero attached hydrogens (tertiary/aromatic N) is 4. The van der Waals surface area contributed by atoms with Crippen molar-refractivity contribution in [3.63, 3.8) is 0 Å². The fourth-order valence-electron chi connectivity index (χ4n) is 7.91. The number of nitro groups is 1. The van der Waals surface area contributed by atoms with E-state index in [1.165, 1.54) is 23.3 Å². The van der Waals surface area contributed by atoms with Gasteiger partial charge in [0.2, 0.25) is 0 Å². The second kappa shape index (κ2) is 19.0. The van der Waals surface area contributed by atoms with Crippen LogP contribution in [0.5, 0.6) is 0 Å². The van der Waals surface area contributed by atoms with E-state index in [-0.39, 0.29) is 27.9 Å². The number of amides is 1. The number of piperazine rings is 1. The summed E-state index contributed by atoms with van der Waals surface area (Å²) in [6, 6.07) is 35.6. The smallest absolute Gasteiger partial charge is 0.293 e. The third-order valence-electron chi connectivity index (χ3n) is 11.0. The van der Waals surface area contributed by atoms with E-state index in [1.54, 1.807) is 23.9 Å². The Morgan fingerprint density at radius 1 is 0.966 bits per heavy atom. The number of hydrogen-bond acceptors (Lipinski definition) is 10. The molecular formula is C45H49ClN6O5S2. The molecule has 2 atom stereocenters. The molecule has 1 saturated heterocycles. The van der Waals surface area contributed by atoms with Gasteiger partial charge in [0.1, 0.15) is 5.69 Å². The molecule has 2 heterocycles. The van der Waals surface area contributed by atoms with Crippen LogP contribution >= 0.6 is 23.4 Å². The second-order valence-electron chi connectivity index (χ2n) is 15.4. The van der Waals surface area contributed by atoms with Crippen molar-refractivity contribution < 1.29 is 18.1 Å². The van der Waals surface area contributed by atoms with Gasteiger partial charge >= 0.3 is 0 Å². The first kappa shape index (κ1) is 42.2. The summed E-state index contributed by atoms with van der Waals surface area (Å²) in [7, 11) is -0.513. The lowest BCUT2D eigenvalue weighted by Crippen LogP contribution is -2.52. The maximum atomic E-state index is 13.6. The van der Waals surface area contributed by atoms with E-state index in [2.05, 4.69) is 56.2 Å². The molecule has 0 spiro atoms. The van der Waals surface area contributed by atoms with Crippen molar-refractivity contribution in [1.82, 2.24) is 14.5 Å². The molecule has 0 saturated carbocycles. The predicted molar refractivity (Wildman–Crippen MR) is 238 cm³/mol. The fraction of sp³-hybridized carbons (Fsp3) is 0.311. The fourth-order valence-corrected chi connectivity index (χ4v) is 10.0. The molecule has 5 aromatic rings. The Morgan fingerprint density at radius 3 is 2.49 bits per heavy atom. The molecule has 14 heteroatoms. The van der Waals surface area contributed by atoms with Crippen LogP contribution in [0, 0.1) is 10.1 Å². The van der Waals surface area contributed by atoms with Gasteiger partial charge in [-0.15, -0.1) is 11.8 Å². The molecule has 0 unspecified atom stereocenters. The lowest BCUT2D eigenvalue weighted by molar-refractivity contribution is -0.384. The highest BCUT2D eigenvalue weighted by Gasteiger charge is 2.32. The number of hydrogen-bond donors (Lipinski definition) is 2. The number of anilines is 2. The average molecular weight is 854 g/mol. The van der Waals surface area contributed by atoms with Crippen LogP contribution in [-0.4, -0.2) is 87.2 Å². The Labute approximate surface area is 356 Å². The highest BCUT2D eigenvalue weighted by molar-refractivity contribution is 7.99. The van der Waals surface area contributed by atoms with Gasteiger partial charge in [0, 0.05) is 71.3 Å². The molecule has 11 nitrogen and oxygen atoms in total. The maximum absolute atomic E-state index is 13.6. The van der Waals surface area contributed by atoms with Crippen LogP contribution in [-0.2, 0) is 23.0 Å². The normalized spacial score (nSPS) is 16.1. The van der Waals surface area contributed by atoms with Gasteiger partial charge in [0.25, 0.3) is 21.6 Å². The first-order valence-electron chi connectivity index (χ1n) is 19.8. The first-order chi connectivity index (χ1) is 28.4. The number of thioether (sulfide) groups is 1. The number of fused-ring (bicyclic) bond motifs is 3. The highest BCUT2D eigenvalue weighted by Crippen LogP contribution is 2.35. The van der Waals surface area contributed by atoms with E-state index in [0.717, 1.165) is 79.8 Å². The molecule has 59 heavy (non-hydrogen) atoms. The predicted octanol–water partition coefficient (Wildman–Crippen LogP) is 8.59. The van der Waals surface area contributed by atoms with E-state index in [1.807, 2.05) is 67.5 Å². The first-order valence-corrected chi connectivity index (χ1v) is 22.7.